The normalized spacial score (nSPS) is 26.1. The number of nitrogens with one attached hydrogen (secondary N) is 1. The number of benzene rings is 1. The van der Waals surface area contributed by atoms with Crippen molar-refractivity contribution in [1.29, 1.82) is 0 Å². The van der Waals surface area contributed by atoms with E-state index in [1.54, 1.807) is 7.11 Å². The molecule has 0 aliphatic carbocycles. The number of nitrogens with zero attached hydrogens (tertiary/aromatic N) is 1. The van der Waals surface area contributed by atoms with E-state index in [1.807, 2.05) is 6.07 Å². The lowest BCUT2D eigenvalue weighted by molar-refractivity contribution is 0.215. The molecule has 3 rings (SSSR count). The average molecular weight is 334 g/mol. The fourth-order valence-corrected chi connectivity index (χ4v) is 3.25. The summed E-state index contributed by atoms with van der Waals surface area (Å²) in [7, 11) is 1.74. The molecule has 0 amide bonds. The number of hydrogen-bond acceptors (Lipinski definition) is 3. The van der Waals surface area contributed by atoms with Crippen molar-refractivity contribution >= 4 is 28.3 Å². The SMILES string of the molecule is COc1cc(Br)ccc1CN1CC2C[C@H]1CN2.Cl. The van der Waals surface area contributed by atoms with E-state index in [2.05, 4.69) is 38.3 Å². The van der Waals surface area contributed by atoms with Crippen LogP contribution in [-0.4, -0.2) is 37.2 Å². The summed E-state index contributed by atoms with van der Waals surface area (Å²) in [6.45, 7) is 3.31. The highest BCUT2D eigenvalue weighted by Crippen LogP contribution is 2.29. The van der Waals surface area contributed by atoms with Crippen molar-refractivity contribution < 1.29 is 4.74 Å². The quantitative estimate of drug-likeness (QED) is 0.919. The van der Waals surface area contributed by atoms with E-state index in [1.165, 1.54) is 18.5 Å². The van der Waals surface area contributed by atoms with Crippen LogP contribution in [-0.2, 0) is 6.54 Å². The van der Waals surface area contributed by atoms with Crippen LogP contribution < -0.4 is 10.1 Å². The third-order valence-corrected chi connectivity index (χ3v) is 4.29. The maximum atomic E-state index is 5.44. The summed E-state index contributed by atoms with van der Waals surface area (Å²) < 4.78 is 6.52. The standard InChI is InChI=1S/C13H17BrN2O.ClH/c1-17-13-4-10(14)3-2-9(13)7-16-8-11-5-12(16)6-15-11;/h2-4,11-12,15H,5-8H2,1H3;1H/t11?,12-;/m0./s1. The second kappa shape index (κ2) is 5.78. The van der Waals surface area contributed by atoms with Crippen molar-refractivity contribution in [2.75, 3.05) is 20.2 Å². The minimum Gasteiger partial charge on any atom is -0.496 e. The third-order valence-electron chi connectivity index (χ3n) is 3.79. The van der Waals surface area contributed by atoms with Crippen LogP contribution in [0.1, 0.15) is 12.0 Å². The zero-order valence-electron chi connectivity index (χ0n) is 10.4. The Morgan fingerprint density at radius 2 is 2.33 bits per heavy atom. The van der Waals surface area contributed by atoms with E-state index >= 15 is 0 Å². The number of piperazine rings is 1. The number of rotatable bonds is 3. The number of ether oxygens (including phenoxy) is 1. The van der Waals surface area contributed by atoms with Gasteiger partial charge in [-0.05, 0) is 18.6 Å². The fourth-order valence-electron chi connectivity index (χ4n) is 2.91. The molecule has 2 aliphatic heterocycles. The van der Waals surface area contributed by atoms with Crippen LogP contribution in [0.2, 0.25) is 0 Å². The lowest BCUT2D eigenvalue weighted by Crippen LogP contribution is -2.43. The average Bonchev–Trinajstić information content (AvgIpc) is 2.93. The number of methoxy groups -OCH3 is 1. The van der Waals surface area contributed by atoms with E-state index in [-0.39, 0.29) is 12.4 Å². The second-order valence-corrected chi connectivity index (χ2v) is 5.80. The Balaban J connectivity index is 0.00000120. The molecule has 1 N–H and O–H groups in total. The summed E-state index contributed by atoms with van der Waals surface area (Å²) in [4.78, 5) is 2.56. The van der Waals surface area contributed by atoms with Crippen molar-refractivity contribution in [3.05, 3.63) is 28.2 Å². The van der Waals surface area contributed by atoms with E-state index in [0.29, 0.717) is 12.1 Å². The number of fused-ring (bicyclic) bond motifs is 2. The zero-order valence-corrected chi connectivity index (χ0v) is 12.8. The lowest BCUT2D eigenvalue weighted by Gasteiger charge is -2.27. The largest absolute Gasteiger partial charge is 0.496 e. The summed E-state index contributed by atoms with van der Waals surface area (Å²) in [5, 5.41) is 3.53. The molecule has 2 bridgehead atoms. The molecule has 5 heteroatoms. The minimum absolute atomic E-state index is 0. The first-order valence-corrected chi connectivity index (χ1v) is 6.85. The topological polar surface area (TPSA) is 24.5 Å². The smallest absolute Gasteiger partial charge is 0.124 e. The molecule has 2 saturated heterocycles. The van der Waals surface area contributed by atoms with Gasteiger partial charge in [-0.3, -0.25) is 4.90 Å². The Morgan fingerprint density at radius 3 is 2.94 bits per heavy atom. The highest BCUT2D eigenvalue weighted by molar-refractivity contribution is 9.10. The first-order chi connectivity index (χ1) is 8.26. The van der Waals surface area contributed by atoms with E-state index in [4.69, 9.17) is 4.74 Å². The lowest BCUT2D eigenvalue weighted by atomic mass is 10.1. The van der Waals surface area contributed by atoms with Crippen molar-refractivity contribution in [1.82, 2.24) is 10.2 Å². The van der Waals surface area contributed by atoms with Gasteiger partial charge in [0.05, 0.1) is 7.11 Å². The van der Waals surface area contributed by atoms with Crippen LogP contribution in [0.5, 0.6) is 5.75 Å². The Bertz CT molecular complexity index is 429. The van der Waals surface area contributed by atoms with E-state index in [9.17, 15) is 0 Å². The summed E-state index contributed by atoms with van der Waals surface area (Å²) in [5.74, 6) is 0.982. The Morgan fingerprint density at radius 1 is 1.50 bits per heavy atom. The molecule has 100 valence electrons. The summed E-state index contributed by atoms with van der Waals surface area (Å²) >= 11 is 3.48. The van der Waals surface area contributed by atoms with Gasteiger partial charge >= 0.3 is 0 Å². The van der Waals surface area contributed by atoms with Crippen LogP contribution in [0.25, 0.3) is 0 Å². The first-order valence-electron chi connectivity index (χ1n) is 6.06. The van der Waals surface area contributed by atoms with Crippen molar-refractivity contribution in [2.45, 2.75) is 25.0 Å². The molecule has 0 radical (unpaired) electrons. The molecular formula is C13H18BrClN2O. The van der Waals surface area contributed by atoms with Crippen LogP contribution in [0.15, 0.2) is 22.7 Å². The molecule has 1 aromatic carbocycles. The molecule has 0 spiro atoms. The van der Waals surface area contributed by atoms with Gasteiger partial charge in [0.15, 0.2) is 0 Å². The molecule has 18 heavy (non-hydrogen) atoms. The molecule has 3 nitrogen and oxygen atoms in total. The van der Waals surface area contributed by atoms with Gasteiger partial charge < -0.3 is 10.1 Å². The Hall–Kier alpha value is -0.290. The van der Waals surface area contributed by atoms with Crippen LogP contribution in [0, 0.1) is 0 Å². The molecule has 1 aromatic rings. The van der Waals surface area contributed by atoms with Gasteiger partial charge in [0.1, 0.15) is 5.75 Å². The van der Waals surface area contributed by atoms with Gasteiger partial charge in [-0.1, -0.05) is 22.0 Å². The van der Waals surface area contributed by atoms with Gasteiger partial charge in [-0.2, -0.15) is 0 Å². The number of halogens is 2. The Labute approximate surface area is 122 Å². The highest BCUT2D eigenvalue weighted by Gasteiger charge is 2.37. The number of hydrogen-bond donors (Lipinski definition) is 1. The molecule has 2 atom stereocenters. The van der Waals surface area contributed by atoms with Crippen molar-refractivity contribution in [3.63, 3.8) is 0 Å². The Kier molecular flexibility index (Phi) is 4.54. The van der Waals surface area contributed by atoms with Gasteiger partial charge in [0.25, 0.3) is 0 Å². The highest BCUT2D eigenvalue weighted by atomic mass is 79.9. The molecular weight excluding hydrogens is 316 g/mol. The van der Waals surface area contributed by atoms with Crippen molar-refractivity contribution in [3.8, 4) is 5.75 Å². The molecule has 1 unspecified atom stereocenters. The predicted molar refractivity (Wildman–Crippen MR) is 78.5 cm³/mol. The van der Waals surface area contributed by atoms with Crippen LogP contribution in [0.3, 0.4) is 0 Å². The van der Waals surface area contributed by atoms with E-state index in [0.717, 1.165) is 23.3 Å². The molecule has 2 heterocycles. The van der Waals surface area contributed by atoms with Gasteiger partial charge in [0.2, 0.25) is 0 Å². The zero-order chi connectivity index (χ0) is 11.8. The summed E-state index contributed by atoms with van der Waals surface area (Å²) in [6.07, 6.45) is 1.30. The predicted octanol–water partition coefficient (Wildman–Crippen LogP) is 2.43. The van der Waals surface area contributed by atoms with Crippen LogP contribution in [0.4, 0.5) is 0 Å². The summed E-state index contributed by atoms with van der Waals surface area (Å²) in [5.41, 5.74) is 1.28. The second-order valence-electron chi connectivity index (χ2n) is 4.88. The van der Waals surface area contributed by atoms with Crippen molar-refractivity contribution in [2.24, 2.45) is 0 Å². The molecule has 0 saturated carbocycles. The molecule has 2 aliphatic rings. The maximum absolute atomic E-state index is 5.44. The van der Waals surface area contributed by atoms with Gasteiger partial charge in [-0.25, -0.2) is 0 Å². The fraction of sp³-hybridized carbons (Fsp3) is 0.538. The maximum Gasteiger partial charge on any atom is 0.124 e. The molecule has 0 aromatic heterocycles. The van der Waals surface area contributed by atoms with E-state index < -0.39 is 0 Å². The first kappa shape index (κ1) is 14.1. The summed E-state index contributed by atoms with van der Waals surface area (Å²) in [6, 6.07) is 7.71. The monoisotopic (exact) mass is 332 g/mol. The molecule has 2 fully saturated rings. The van der Waals surface area contributed by atoms with Gasteiger partial charge in [-0.15, -0.1) is 12.4 Å². The van der Waals surface area contributed by atoms with Crippen LogP contribution >= 0.6 is 28.3 Å². The van der Waals surface area contributed by atoms with Gasteiger partial charge in [0, 0.05) is 41.8 Å². The number of likely N-dealkylation sites (tertiary alicyclic amines) is 1. The third kappa shape index (κ3) is 2.67. The minimum atomic E-state index is 0.